The van der Waals surface area contributed by atoms with Gasteiger partial charge in [-0.15, -0.1) is 0 Å². The summed E-state index contributed by atoms with van der Waals surface area (Å²) in [5.41, 5.74) is 0.499. The molecule has 2 aromatic rings. The predicted molar refractivity (Wildman–Crippen MR) is 115 cm³/mol. The lowest BCUT2D eigenvalue weighted by molar-refractivity contribution is -0.158. The van der Waals surface area contributed by atoms with Crippen LogP contribution in [0.1, 0.15) is 45.7 Å². The Kier molecular flexibility index (Phi) is 5.59. The van der Waals surface area contributed by atoms with Crippen molar-refractivity contribution in [1.29, 1.82) is 0 Å². The lowest BCUT2D eigenvalue weighted by Crippen LogP contribution is -2.49. The van der Waals surface area contributed by atoms with Crippen molar-refractivity contribution in [3.8, 4) is 11.1 Å². The summed E-state index contributed by atoms with van der Waals surface area (Å²) in [6.07, 6.45) is 0.581. The molecule has 6 heteroatoms. The number of halogens is 3. The van der Waals surface area contributed by atoms with Gasteiger partial charge in [-0.2, -0.15) is 0 Å². The van der Waals surface area contributed by atoms with Crippen molar-refractivity contribution in [3.05, 3.63) is 63.1 Å². The molecule has 0 fully saturated rings. The van der Waals surface area contributed by atoms with Gasteiger partial charge in [-0.3, -0.25) is 4.79 Å². The molecule has 0 amide bonds. The third-order valence-electron chi connectivity index (χ3n) is 5.19. The minimum atomic E-state index is -1.08. The highest BCUT2D eigenvalue weighted by atomic mass is 35.5. The molecular formula is C23H23Cl2FO3. The largest absolute Gasteiger partial charge is 0.508 e. The van der Waals surface area contributed by atoms with Gasteiger partial charge in [-0.1, -0.05) is 48.3 Å². The Morgan fingerprint density at radius 1 is 1.03 bits per heavy atom. The Labute approximate surface area is 180 Å². The van der Waals surface area contributed by atoms with E-state index in [1.54, 1.807) is 58.0 Å². The van der Waals surface area contributed by atoms with Gasteiger partial charge in [0.25, 0.3) is 0 Å². The van der Waals surface area contributed by atoms with Gasteiger partial charge in [-0.25, -0.2) is 4.39 Å². The maximum atomic E-state index is 14.6. The van der Waals surface area contributed by atoms with E-state index in [0.29, 0.717) is 23.1 Å². The molecule has 0 aliphatic carbocycles. The van der Waals surface area contributed by atoms with E-state index < -0.39 is 17.0 Å². The molecule has 3 nitrogen and oxygen atoms in total. The molecule has 0 spiro atoms. The van der Waals surface area contributed by atoms with Gasteiger partial charge >= 0.3 is 0 Å². The monoisotopic (exact) mass is 436 g/mol. The SMILES string of the molecule is CCc1cc(-c2ccc(Cl)c(Cl)c2F)ccc1C1=C(O)C(C)(C)OC(C)(C)C1=O. The molecule has 0 radical (unpaired) electrons. The first-order chi connectivity index (χ1) is 13.4. The van der Waals surface area contributed by atoms with Crippen LogP contribution in [0.4, 0.5) is 4.39 Å². The molecule has 2 aromatic carbocycles. The van der Waals surface area contributed by atoms with Crippen LogP contribution in [0.15, 0.2) is 36.1 Å². The van der Waals surface area contributed by atoms with Crippen LogP contribution in [0, 0.1) is 5.82 Å². The van der Waals surface area contributed by atoms with Crippen molar-refractivity contribution in [3.63, 3.8) is 0 Å². The molecule has 0 aromatic heterocycles. The first-order valence-corrected chi connectivity index (χ1v) is 10.1. The molecule has 1 aliphatic heterocycles. The van der Waals surface area contributed by atoms with E-state index in [4.69, 9.17) is 27.9 Å². The van der Waals surface area contributed by atoms with E-state index in [2.05, 4.69) is 0 Å². The fraction of sp³-hybridized carbons (Fsp3) is 0.348. The van der Waals surface area contributed by atoms with Crippen LogP contribution in [-0.2, 0) is 16.0 Å². The third-order valence-corrected chi connectivity index (χ3v) is 5.97. The van der Waals surface area contributed by atoms with Crippen molar-refractivity contribution < 1.29 is 19.0 Å². The molecule has 0 atom stereocenters. The van der Waals surface area contributed by atoms with Crippen LogP contribution in [0.25, 0.3) is 16.7 Å². The number of benzene rings is 2. The quantitative estimate of drug-likeness (QED) is 0.538. The summed E-state index contributed by atoms with van der Waals surface area (Å²) in [5, 5.41) is 10.8. The zero-order valence-corrected chi connectivity index (χ0v) is 18.5. The number of carbonyl (C=O) groups is 1. The Balaban J connectivity index is 2.21. The van der Waals surface area contributed by atoms with Crippen molar-refractivity contribution in [2.75, 3.05) is 0 Å². The number of aliphatic hydroxyl groups excluding tert-OH is 1. The Morgan fingerprint density at radius 3 is 2.28 bits per heavy atom. The normalized spacial score (nSPS) is 18.3. The standard InChI is InChI=1S/C23H23Cl2FO3/c1-6-12-11-13(15-9-10-16(24)18(25)19(15)26)7-8-14(12)17-20(27)22(2,3)29-23(4,5)21(17)28/h7-11,27H,6H2,1-5H3. The maximum Gasteiger partial charge on any atom is 0.198 e. The van der Waals surface area contributed by atoms with Crippen LogP contribution < -0.4 is 0 Å². The molecule has 29 heavy (non-hydrogen) atoms. The van der Waals surface area contributed by atoms with E-state index in [0.717, 1.165) is 5.56 Å². The summed E-state index contributed by atoms with van der Waals surface area (Å²) >= 11 is 11.8. The van der Waals surface area contributed by atoms with Crippen LogP contribution in [0.5, 0.6) is 0 Å². The first-order valence-electron chi connectivity index (χ1n) is 9.36. The number of hydrogen-bond acceptors (Lipinski definition) is 3. The topological polar surface area (TPSA) is 46.5 Å². The van der Waals surface area contributed by atoms with E-state index in [-0.39, 0.29) is 27.2 Å². The van der Waals surface area contributed by atoms with Gasteiger partial charge in [0.05, 0.1) is 15.6 Å². The van der Waals surface area contributed by atoms with Gasteiger partial charge in [0.2, 0.25) is 0 Å². The molecular weight excluding hydrogens is 414 g/mol. The molecule has 0 saturated heterocycles. The summed E-state index contributed by atoms with van der Waals surface area (Å²) in [6, 6.07) is 8.36. The molecule has 154 valence electrons. The van der Waals surface area contributed by atoms with E-state index in [1.165, 1.54) is 0 Å². The fourth-order valence-electron chi connectivity index (χ4n) is 3.74. The summed E-state index contributed by atoms with van der Waals surface area (Å²) in [7, 11) is 0. The second-order valence-electron chi connectivity index (χ2n) is 8.12. The van der Waals surface area contributed by atoms with Crippen molar-refractivity contribution in [2.24, 2.45) is 0 Å². The predicted octanol–water partition coefficient (Wildman–Crippen LogP) is 6.79. The first kappa shape index (κ1) is 21.8. The molecule has 0 unspecified atom stereocenters. The molecule has 0 bridgehead atoms. The second-order valence-corrected chi connectivity index (χ2v) is 8.91. The lowest BCUT2D eigenvalue weighted by atomic mass is 9.81. The molecule has 1 N–H and O–H groups in total. The van der Waals surface area contributed by atoms with Crippen molar-refractivity contribution in [1.82, 2.24) is 0 Å². The number of rotatable bonds is 3. The minimum absolute atomic E-state index is 0.106. The fourth-order valence-corrected chi connectivity index (χ4v) is 4.05. The summed E-state index contributed by atoms with van der Waals surface area (Å²) < 4.78 is 20.4. The average Bonchev–Trinajstić information content (AvgIpc) is 2.65. The van der Waals surface area contributed by atoms with E-state index in [9.17, 15) is 14.3 Å². The summed E-state index contributed by atoms with van der Waals surface area (Å²) in [6.45, 7) is 8.76. The smallest absolute Gasteiger partial charge is 0.198 e. The zero-order valence-electron chi connectivity index (χ0n) is 17.0. The van der Waals surface area contributed by atoms with Gasteiger partial charge < -0.3 is 9.84 Å². The number of hydrogen-bond donors (Lipinski definition) is 1. The molecule has 3 rings (SSSR count). The van der Waals surface area contributed by atoms with Crippen LogP contribution in [0.2, 0.25) is 10.0 Å². The number of aryl methyl sites for hydroxylation is 1. The van der Waals surface area contributed by atoms with Gasteiger partial charge in [-0.05, 0) is 62.9 Å². The van der Waals surface area contributed by atoms with E-state index >= 15 is 0 Å². The second kappa shape index (κ2) is 7.42. The third kappa shape index (κ3) is 3.70. The maximum absolute atomic E-state index is 14.6. The highest BCUT2D eigenvalue weighted by Crippen LogP contribution is 2.42. The molecule has 1 heterocycles. The zero-order chi connectivity index (χ0) is 21.7. The minimum Gasteiger partial charge on any atom is -0.508 e. The van der Waals surface area contributed by atoms with Gasteiger partial charge in [0, 0.05) is 5.56 Å². The van der Waals surface area contributed by atoms with Gasteiger partial charge in [0.15, 0.2) is 11.6 Å². The Hall–Kier alpha value is -1.88. The number of Topliss-reactive ketones (excluding diaryl/α,β-unsaturated/α-hetero) is 1. The summed E-state index contributed by atoms with van der Waals surface area (Å²) in [5.74, 6) is -0.997. The van der Waals surface area contributed by atoms with Crippen LogP contribution in [0.3, 0.4) is 0 Å². The van der Waals surface area contributed by atoms with E-state index in [1.807, 2.05) is 6.92 Å². The van der Waals surface area contributed by atoms with Crippen molar-refractivity contribution in [2.45, 2.75) is 52.2 Å². The van der Waals surface area contributed by atoms with Crippen molar-refractivity contribution >= 4 is 34.6 Å². The average molecular weight is 437 g/mol. The lowest BCUT2D eigenvalue weighted by Gasteiger charge is -2.40. The summed E-state index contributed by atoms with van der Waals surface area (Å²) in [4.78, 5) is 13.1. The molecule has 1 aliphatic rings. The Morgan fingerprint density at radius 2 is 1.66 bits per heavy atom. The number of ketones is 1. The van der Waals surface area contributed by atoms with Crippen LogP contribution >= 0.6 is 23.2 Å². The van der Waals surface area contributed by atoms with Crippen LogP contribution in [-0.4, -0.2) is 22.1 Å². The highest BCUT2D eigenvalue weighted by Gasteiger charge is 2.47. The number of ether oxygens (including phenoxy) is 1. The highest BCUT2D eigenvalue weighted by molar-refractivity contribution is 6.42. The number of aliphatic hydroxyl groups is 1. The Bertz CT molecular complexity index is 1040. The van der Waals surface area contributed by atoms with Gasteiger partial charge in [0.1, 0.15) is 17.0 Å². The molecule has 0 saturated carbocycles. The number of carbonyl (C=O) groups excluding carboxylic acids is 1.